The molecule has 1 unspecified atom stereocenters. The van der Waals surface area contributed by atoms with Gasteiger partial charge in [-0.25, -0.2) is 0 Å². The van der Waals surface area contributed by atoms with Gasteiger partial charge in [0.1, 0.15) is 0 Å². The minimum atomic E-state index is -0.00835. The van der Waals surface area contributed by atoms with Crippen LogP contribution in [0.2, 0.25) is 5.02 Å². The molecular weight excluding hydrogens is 270 g/mol. The number of fused-ring (bicyclic) bond motifs is 1. The summed E-state index contributed by atoms with van der Waals surface area (Å²) in [6.45, 7) is 0.109. The second-order valence-electron chi connectivity index (χ2n) is 5.33. The lowest BCUT2D eigenvalue weighted by Crippen LogP contribution is -2.35. The fourth-order valence-electron chi connectivity index (χ4n) is 2.93. The van der Waals surface area contributed by atoms with Crippen molar-refractivity contribution < 1.29 is 5.11 Å². The average molecular weight is 288 g/mol. The summed E-state index contributed by atoms with van der Waals surface area (Å²) in [4.78, 5) is 0. The number of halogens is 1. The molecule has 0 heterocycles. The van der Waals surface area contributed by atoms with E-state index in [1.807, 2.05) is 36.4 Å². The Balaban J connectivity index is 1.70. The van der Waals surface area contributed by atoms with Crippen molar-refractivity contribution in [2.45, 2.75) is 24.9 Å². The maximum atomic E-state index is 9.62. The number of rotatable bonds is 4. The summed E-state index contributed by atoms with van der Waals surface area (Å²) in [5.74, 6) is 0. The van der Waals surface area contributed by atoms with E-state index in [1.54, 1.807) is 0 Å². The summed E-state index contributed by atoms with van der Waals surface area (Å²) in [7, 11) is 0. The molecule has 2 aromatic carbocycles. The third-order valence-electron chi connectivity index (χ3n) is 3.92. The Bertz CT molecular complexity index is 585. The van der Waals surface area contributed by atoms with Crippen LogP contribution in [0, 0.1) is 0 Å². The molecule has 2 N–H and O–H groups in total. The van der Waals surface area contributed by atoms with Gasteiger partial charge in [-0.3, -0.25) is 0 Å². The van der Waals surface area contributed by atoms with Gasteiger partial charge >= 0.3 is 0 Å². The van der Waals surface area contributed by atoms with Crippen LogP contribution < -0.4 is 5.32 Å². The van der Waals surface area contributed by atoms with Crippen LogP contribution in [0.25, 0.3) is 0 Å². The SMILES string of the molecule is OC[C@H](NC1Cc2ccc(Cl)cc2C1)c1ccccc1. The van der Waals surface area contributed by atoms with E-state index < -0.39 is 0 Å². The zero-order valence-electron chi connectivity index (χ0n) is 11.2. The zero-order valence-corrected chi connectivity index (χ0v) is 12.0. The zero-order chi connectivity index (χ0) is 13.9. The summed E-state index contributed by atoms with van der Waals surface area (Å²) in [6, 6.07) is 16.6. The van der Waals surface area contributed by atoms with E-state index in [0.717, 1.165) is 23.4 Å². The Morgan fingerprint density at radius 3 is 2.60 bits per heavy atom. The molecule has 0 aliphatic heterocycles. The molecule has 0 saturated carbocycles. The second kappa shape index (κ2) is 5.96. The first-order chi connectivity index (χ1) is 9.76. The second-order valence-corrected chi connectivity index (χ2v) is 5.77. The predicted molar refractivity (Wildman–Crippen MR) is 82.1 cm³/mol. The molecule has 1 aliphatic carbocycles. The molecule has 0 saturated heterocycles. The standard InChI is InChI=1S/C17H18ClNO/c18-15-7-6-13-9-16(10-14(13)8-15)19-17(11-20)12-4-2-1-3-5-12/h1-8,16-17,19-20H,9-11H2/t16?,17-/m0/s1. The van der Waals surface area contributed by atoms with Crippen molar-refractivity contribution in [3.05, 3.63) is 70.2 Å². The smallest absolute Gasteiger partial charge is 0.0626 e. The van der Waals surface area contributed by atoms with Crippen LogP contribution in [0.3, 0.4) is 0 Å². The van der Waals surface area contributed by atoms with Crippen LogP contribution in [-0.2, 0) is 12.8 Å². The molecule has 0 aromatic heterocycles. The van der Waals surface area contributed by atoms with E-state index in [2.05, 4.69) is 17.4 Å². The first-order valence-electron chi connectivity index (χ1n) is 6.95. The van der Waals surface area contributed by atoms with Crippen LogP contribution in [0.15, 0.2) is 48.5 Å². The molecule has 0 amide bonds. The minimum absolute atomic E-state index is 0.00835. The lowest BCUT2D eigenvalue weighted by molar-refractivity contribution is 0.233. The van der Waals surface area contributed by atoms with Crippen molar-refractivity contribution in [1.29, 1.82) is 0 Å². The Kier molecular flexibility index (Phi) is 4.06. The monoisotopic (exact) mass is 287 g/mol. The van der Waals surface area contributed by atoms with Crippen molar-refractivity contribution in [3.8, 4) is 0 Å². The van der Waals surface area contributed by atoms with Gasteiger partial charge in [-0.15, -0.1) is 0 Å². The highest BCUT2D eigenvalue weighted by atomic mass is 35.5. The molecule has 0 fully saturated rings. The van der Waals surface area contributed by atoms with Gasteiger partial charge in [0.2, 0.25) is 0 Å². The molecule has 0 bridgehead atoms. The largest absolute Gasteiger partial charge is 0.394 e. The van der Waals surface area contributed by atoms with Crippen LogP contribution in [-0.4, -0.2) is 17.8 Å². The van der Waals surface area contributed by atoms with Gasteiger partial charge in [-0.1, -0.05) is 48.0 Å². The highest BCUT2D eigenvalue weighted by molar-refractivity contribution is 6.30. The molecule has 3 rings (SSSR count). The fourth-order valence-corrected chi connectivity index (χ4v) is 3.12. The predicted octanol–water partition coefficient (Wildman–Crippen LogP) is 3.13. The number of aliphatic hydroxyl groups is 1. The molecule has 3 heteroatoms. The van der Waals surface area contributed by atoms with Gasteiger partial charge in [0, 0.05) is 11.1 Å². The Morgan fingerprint density at radius 2 is 1.85 bits per heavy atom. The number of hydrogen-bond donors (Lipinski definition) is 2. The maximum absolute atomic E-state index is 9.62. The summed E-state index contributed by atoms with van der Waals surface area (Å²) >= 11 is 6.04. The Labute approximate surface area is 124 Å². The molecule has 0 spiro atoms. The van der Waals surface area contributed by atoms with Crippen molar-refractivity contribution >= 4 is 11.6 Å². The molecule has 20 heavy (non-hydrogen) atoms. The first kappa shape index (κ1) is 13.6. The van der Waals surface area contributed by atoms with E-state index in [9.17, 15) is 5.11 Å². The van der Waals surface area contributed by atoms with Crippen molar-refractivity contribution in [1.82, 2.24) is 5.32 Å². The van der Waals surface area contributed by atoms with Crippen molar-refractivity contribution in [2.24, 2.45) is 0 Å². The number of aliphatic hydroxyl groups excluding tert-OH is 1. The number of nitrogens with one attached hydrogen (secondary N) is 1. The Morgan fingerprint density at radius 1 is 1.10 bits per heavy atom. The molecule has 2 nitrogen and oxygen atoms in total. The highest BCUT2D eigenvalue weighted by Gasteiger charge is 2.24. The molecular formula is C17H18ClNO. The maximum Gasteiger partial charge on any atom is 0.0626 e. The van der Waals surface area contributed by atoms with Gasteiger partial charge < -0.3 is 10.4 Å². The van der Waals surface area contributed by atoms with E-state index in [4.69, 9.17) is 11.6 Å². The summed E-state index contributed by atoms with van der Waals surface area (Å²) in [6.07, 6.45) is 1.97. The van der Waals surface area contributed by atoms with Crippen LogP contribution in [0.5, 0.6) is 0 Å². The molecule has 104 valence electrons. The average Bonchev–Trinajstić information content (AvgIpc) is 2.87. The molecule has 1 aliphatic rings. The normalized spacial score (nSPS) is 18.8. The van der Waals surface area contributed by atoms with Crippen molar-refractivity contribution in [2.75, 3.05) is 6.61 Å². The summed E-state index contributed by atoms with van der Waals surface area (Å²) in [5, 5.41) is 14.0. The summed E-state index contributed by atoms with van der Waals surface area (Å²) in [5.41, 5.74) is 3.81. The first-order valence-corrected chi connectivity index (χ1v) is 7.33. The van der Waals surface area contributed by atoms with Gasteiger partial charge in [-0.2, -0.15) is 0 Å². The summed E-state index contributed by atoms with van der Waals surface area (Å²) < 4.78 is 0. The number of benzene rings is 2. The van der Waals surface area contributed by atoms with E-state index >= 15 is 0 Å². The topological polar surface area (TPSA) is 32.3 Å². The van der Waals surface area contributed by atoms with E-state index in [-0.39, 0.29) is 12.6 Å². The molecule has 2 aromatic rings. The van der Waals surface area contributed by atoms with Gasteiger partial charge in [0.25, 0.3) is 0 Å². The Hall–Kier alpha value is -1.35. The highest BCUT2D eigenvalue weighted by Crippen LogP contribution is 2.26. The molecule has 2 atom stereocenters. The van der Waals surface area contributed by atoms with Gasteiger partial charge in [0.05, 0.1) is 12.6 Å². The minimum Gasteiger partial charge on any atom is -0.394 e. The quantitative estimate of drug-likeness (QED) is 0.905. The van der Waals surface area contributed by atoms with Crippen LogP contribution in [0.4, 0.5) is 0 Å². The van der Waals surface area contributed by atoms with Crippen LogP contribution in [0.1, 0.15) is 22.7 Å². The third-order valence-corrected chi connectivity index (χ3v) is 4.16. The molecule has 0 radical (unpaired) electrons. The van der Waals surface area contributed by atoms with Gasteiger partial charge in [0.15, 0.2) is 0 Å². The third kappa shape index (κ3) is 2.88. The van der Waals surface area contributed by atoms with E-state index in [0.29, 0.717) is 6.04 Å². The number of hydrogen-bond acceptors (Lipinski definition) is 2. The van der Waals surface area contributed by atoms with Gasteiger partial charge in [-0.05, 0) is 41.7 Å². The van der Waals surface area contributed by atoms with E-state index in [1.165, 1.54) is 11.1 Å². The lowest BCUT2D eigenvalue weighted by Gasteiger charge is -2.21. The van der Waals surface area contributed by atoms with Crippen molar-refractivity contribution in [3.63, 3.8) is 0 Å². The van der Waals surface area contributed by atoms with Crippen LogP contribution >= 0.6 is 11.6 Å². The lowest BCUT2D eigenvalue weighted by atomic mass is 10.1. The fraction of sp³-hybridized carbons (Fsp3) is 0.294.